The molecule has 0 bridgehead atoms. The number of alkyl halides is 6. The first-order valence-electron chi connectivity index (χ1n) is 10.1. The van der Waals surface area contributed by atoms with Gasteiger partial charge in [0.05, 0.1) is 22.5 Å². The molecule has 0 amide bonds. The van der Waals surface area contributed by atoms with Crippen LogP contribution in [0.5, 0.6) is 0 Å². The maximum atomic E-state index is 13.1. The van der Waals surface area contributed by atoms with Gasteiger partial charge >= 0.3 is 12.4 Å². The zero-order valence-corrected chi connectivity index (χ0v) is 17.4. The third-order valence-electron chi connectivity index (χ3n) is 5.97. The average molecular weight is 480 g/mol. The highest BCUT2D eigenvalue weighted by molar-refractivity contribution is 7.99. The van der Waals surface area contributed by atoms with Gasteiger partial charge in [0.25, 0.3) is 5.82 Å². The maximum absolute atomic E-state index is 13.1. The fraction of sp³-hybridized carbons (Fsp3) is 0.706. The molecule has 174 valence electrons. The molecule has 3 aliphatic heterocycles. The van der Waals surface area contributed by atoms with Crippen LogP contribution in [0.4, 0.5) is 38.1 Å². The van der Waals surface area contributed by atoms with Crippen molar-refractivity contribution in [2.45, 2.75) is 42.6 Å². The lowest BCUT2D eigenvalue weighted by Crippen LogP contribution is -2.54. The SMILES string of the molecule is FC(F)(F)c1nnnn1C1CCN(c2nc3c(c(N4CC(C(F)(F)F)C4)n2)SCC3)CC1. The van der Waals surface area contributed by atoms with E-state index in [-0.39, 0.29) is 13.1 Å². The Labute approximate surface area is 182 Å². The topological polar surface area (TPSA) is 75.9 Å². The predicted molar refractivity (Wildman–Crippen MR) is 102 cm³/mol. The molecule has 0 aliphatic carbocycles. The number of piperidine rings is 1. The van der Waals surface area contributed by atoms with E-state index in [4.69, 9.17) is 0 Å². The summed E-state index contributed by atoms with van der Waals surface area (Å²) < 4.78 is 78.9. The molecule has 0 atom stereocenters. The normalized spacial score (nSPS) is 20.6. The summed E-state index contributed by atoms with van der Waals surface area (Å²) in [6, 6.07) is -0.509. The van der Waals surface area contributed by atoms with Crippen molar-refractivity contribution in [2.24, 2.45) is 5.92 Å². The minimum atomic E-state index is -4.64. The zero-order chi connectivity index (χ0) is 22.7. The van der Waals surface area contributed by atoms with Crippen LogP contribution in [0.3, 0.4) is 0 Å². The lowest BCUT2D eigenvalue weighted by atomic mass is 9.99. The Morgan fingerprint density at radius 1 is 0.938 bits per heavy atom. The molecular weight excluding hydrogens is 462 g/mol. The van der Waals surface area contributed by atoms with Crippen molar-refractivity contribution in [3.8, 4) is 0 Å². The quantitative estimate of drug-likeness (QED) is 0.621. The number of anilines is 2. The lowest BCUT2D eigenvalue weighted by molar-refractivity contribution is -0.180. The van der Waals surface area contributed by atoms with Crippen LogP contribution in [0.25, 0.3) is 0 Å². The first-order valence-corrected chi connectivity index (χ1v) is 11.0. The minimum absolute atomic E-state index is 0.130. The molecule has 0 saturated carbocycles. The Balaban J connectivity index is 1.32. The summed E-state index contributed by atoms with van der Waals surface area (Å²) in [5, 5.41) is 9.79. The van der Waals surface area contributed by atoms with E-state index in [1.54, 1.807) is 16.7 Å². The van der Waals surface area contributed by atoms with Gasteiger partial charge < -0.3 is 9.80 Å². The summed E-state index contributed by atoms with van der Waals surface area (Å²) >= 11 is 1.54. The summed E-state index contributed by atoms with van der Waals surface area (Å²) in [6.45, 7) is 0.514. The number of hydrogen-bond donors (Lipinski definition) is 0. The summed E-state index contributed by atoms with van der Waals surface area (Å²) in [6.07, 6.45) is -7.44. The van der Waals surface area contributed by atoms with Crippen molar-refractivity contribution in [1.29, 1.82) is 0 Å². The van der Waals surface area contributed by atoms with Crippen molar-refractivity contribution >= 4 is 23.5 Å². The van der Waals surface area contributed by atoms with Gasteiger partial charge in [-0.3, -0.25) is 0 Å². The predicted octanol–water partition coefficient (Wildman–Crippen LogP) is 2.97. The summed E-state index contributed by atoms with van der Waals surface area (Å²) in [4.78, 5) is 13.5. The van der Waals surface area contributed by atoms with E-state index in [9.17, 15) is 26.3 Å². The number of rotatable bonds is 3. The van der Waals surface area contributed by atoms with Crippen molar-refractivity contribution in [1.82, 2.24) is 30.2 Å². The van der Waals surface area contributed by atoms with E-state index in [0.717, 1.165) is 21.0 Å². The molecule has 2 saturated heterocycles. The fourth-order valence-electron chi connectivity index (χ4n) is 4.19. The standard InChI is InChI=1S/C17H18F6N8S/c18-16(19,20)9-7-30(8-9)13-12-11(3-6-32-12)24-15(25-13)29-4-1-10(2-5-29)31-14(17(21,22)23)26-27-28-31/h9-10H,1-8H2. The van der Waals surface area contributed by atoms with Gasteiger partial charge in [0, 0.05) is 38.4 Å². The summed E-state index contributed by atoms with van der Waals surface area (Å²) in [5.41, 5.74) is 0.812. The average Bonchev–Trinajstić information content (AvgIpc) is 3.35. The van der Waals surface area contributed by atoms with Crippen LogP contribution in [0.1, 0.15) is 30.4 Å². The summed E-state index contributed by atoms with van der Waals surface area (Å²) in [7, 11) is 0. The molecule has 2 aromatic heterocycles. The van der Waals surface area contributed by atoms with Gasteiger partial charge in [-0.1, -0.05) is 0 Å². The Morgan fingerprint density at radius 2 is 1.66 bits per heavy atom. The second-order valence-corrected chi connectivity index (χ2v) is 9.13. The highest BCUT2D eigenvalue weighted by Gasteiger charge is 2.48. The molecule has 15 heteroatoms. The molecule has 2 fully saturated rings. The molecule has 2 aromatic rings. The molecule has 0 aromatic carbocycles. The van der Waals surface area contributed by atoms with Gasteiger partial charge in [0.1, 0.15) is 5.82 Å². The van der Waals surface area contributed by atoms with Crippen molar-refractivity contribution in [3.05, 3.63) is 11.5 Å². The highest BCUT2D eigenvalue weighted by Crippen LogP contribution is 2.43. The number of thioether (sulfide) groups is 1. The minimum Gasteiger partial charge on any atom is -0.354 e. The van der Waals surface area contributed by atoms with Gasteiger partial charge in [0.15, 0.2) is 0 Å². The first-order chi connectivity index (χ1) is 15.1. The first kappa shape index (κ1) is 21.5. The molecule has 3 aliphatic rings. The molecule has 0 N–H and O–H groups in total. The second-order valence-electron chi connectivity index (χ2n) is 8.03. The number of aromatic nitrogens is 6. The van der Waals surface area contributed by atoms with Crippen molar-refractivity contribution < 1.29 is 26.3 Å². The summed E-state index contributed by atoms with van der Waals surface area (Å²) in [5.74, 6) is -0.768. The van der Waals surface area contributed by atoms with Crippen molar-refractivity contribution in [2.75, 3.05) is 41.7 Å². The molecule has 0 unspecified atom stereocenters. The third-order valence-corrected chi connectivity index (χ3v) is 7.09. The van der Waals surface area contributed by atoms with E-state index in [1.165, 1.54) is 0 Å². The zero-order valence-electron chi connectivity index (χ0n) is 16.6. The number of halogens is 6. The molecule has 0 radical (unpaired) electrons. The Kier molecular flexibility index (Phi) is 5.13. The molecule has 32 heavy (non-hydrogen) atoms. The second kappa shape index (κ2) is 7.63. The van der Waals surface area contributed by atoms with Crippen LogP contribution in [0.2, 0.25) is 0 Å². The fourth-order valence-corrected chi connectivity index (χ4v) is 5.31. The molecular formula is C17H18F6N8S. The maximum Gasteiger partial charge on any atom is 0.453 e. The van der Waals surface area contributed by atoms with E-state index >= 15 is 0 Å². The van der Waals surface area contributed by atoms with Crippen LogP contribution >= 0.6 is 11.8 Å². The number of nitrogens with zero attached hydrogens (tertiary/aromatic N) is 8. The van der Waals surface area contributed by atoms with E-state index in [1.807, 2.05) is 4.90 Å². The highest BCUT2D eigenvalue weighted by atomic mass is 32.2. The van der Waals surface area contributed by atoms with Crippen LogP contribution in [0.15, 0.2) is 4.90 Å². The number of fused-ring (bicyclic) bond motifs is 1. The third kappa shape index (κ3) is 3.83. The number of hydrogen-bond acceptors (Lipinski definition) is 8. The van der Waals surface area contributed by atoms with Crippen LogP contribution < -0.4 is 9.80 Å². The van der Waals surface area contributed by atoms with Gasteiger partial charge in [-0.25, -0.2) is 9.67 Å². The number of tetrazole rings is 1. The van der Waals surface area contributed by atoms with Gasteiger partial charge in [-0.2, -0.15) is 31.3 Å². The van der Waals surface area contributed by atoms with E-state index < -0.39 is 30.1 Å². The Bertz CT molecular complexity index is 994. The Hall–Kier alpha value is -2.32. The monoisotopic (exact) mass is 480 g/mol. The Morgan fingerprint density at radius 3 is 2.31 bits per heavy atom. The van der Waals surface area contributed by atoms with Crippen LogP contribution in [-0.2, 0) is 12.6 Å². The lowest BCUT2D eigenvalue weighted by Gasteiger charge is -2.42. The molecule has 8 nitrogen and oxygen atoms in total. The van der Waals surface area contributed by atoms with Crippen LogP contribution in [0, 0.1) is 5.92 Å². The largest absolute Gasteiger partial charge is 0.453 e. The van der Waals surface area contributed by atoms with Gasteiger partial charge in [-0.15, -0.1) is 16.9 Å². The number of aryl methyl sites for hydroxylation is 1. The van der Waals surface area contributed by atoms with Crippen molar-refractivity contribution in [3.63, 3.8) is 0 Å². The van der Waals surface area contributed by atoms with Gasteiger partial charge in [-0.05, 0) is 23.3 Å². The smallest absolute Gasteiger partial charge is 0.354 e. The molecule has 5 heterocycles. The van der Waals surface area contributed by atoms with E-state index in [0.29, 0.717) is 44.1 Å². The molecule has 5 rings (SSSR count). The van der Waals surface area contributed by atoms with Gasteiger partial charge in [0.2, 0.25) is 5.95 Å². The molecule has 0 spiro atoms. The van der Waals surface area contributed by atoms with Crippen LogP contribution in [-0.4, -0.2) is 68.3 Å². The van der Waals surface area contributed by atoms with E-state index in [2.05, 4.69) is 25.5 Å².